The van der Waals surface area contributed by atoms with Crippen LogP contribution >= 0.6 is 0 Å². The normalized spacial score (nSPS) is 15.4. The number of nitrogens with zero attached hydrogens (tertiary/aromatic N) is 2. The first-order valence-corrected chi connectivity index (χ1v) is 11.0. The second kappa shape index (κ2) is 10.1. The van der Waals surface area contributed by atoms with E-state index in [-0.39, 0.29) is 6.61 Å². The van der Waals surface area contributed by atoms with Gasteiger partial charge in [-0.3, -0.25) is 0 Å². The zero-order valence-electron chi connectivity index (χ0n) is 19.1. The lowest BCUT2D eigenvalue weighted by Gasteiger charge is -2.27. The van der Waals surface area contributed by atoms with Crippen molar-refractivity contribution in [2.75, 3.05) is 13.2 Å². The van der Waals surface area contributed by atoms with Gasteiger partial charge in [-0.25, -0.2) is 14.3 Å². The van der Waals surface area contributed by atoms with E-state index in [2.05, 4.69) is 17.2 Å². The Morgan fingerprint density at radius 1 is 1.18 bits per heavy atom. The molecule has 34 heavy (non-hydrogen) atoms. The summed E-state index contributed by atoms with van der Waals surface area (Å²) in [5, 5.41) is 10.4. The van der Waals surface area contributed by atoms with Crippen molar-refractivity contribution in [1.82, 2.24) is 20.4 Å². The number of allylic oxidation sites excluding steroid dienone is 1. The monoisotopic (exact) mass is 458 g/mol. The lowest BCUT2D eigenvalue weighted by atomic mass is 9.94. The van der Waals surface area contributed by atoms with E-state index in [0.717, 1.165) is 11.3 Å². The Morgan fingerprint density at radius 2 is 1.91 bits per heavy atom. The fraction of sp³-hybridized carbons (Fsp3) is 0.192. The van der Waals surface area contributed by atoms with Crippen molar-refractivity contribution in [3.8, 4) is 22.7 Å². The fourth-order valence-electron chi connectivity index (χ4n) is 3.81. The van der Waals surface area contributed by atoms with Gasteiger partial charge in [0.15, 0.2) is 0 Å². The van der Waals surface area contributed by atoms with Crippen LogP contribution in [0.3, 0.4) is 0 Å². The number of ether oxygens (including phenoxy) is 2. The van der Waals surface area contributed by atoms with Crippen LogP contribution in [0.2, 0.25) is 0 Å². The smallest absolute Gasteiger partial charge is 0.338 e. The first kappa shape index (κ1) is 22.8. The maximum Gasteiger partial charge on any atom is 0.338 e. The quantitative estimate of drug-likeness (QED) is 0.388. The number of carbonyl (C=O) groups excluding carboxylic acids is 2. The van der Waals surface area contributed by atoms with Crippen molar-refractivity contribution in [3.05, 3.63) is 90.3 Å². The molecule has 0 saturated heterocycles. The summed E-state index contributed by atoms with van der Waals surface area (Å²) in [4.78, 5) is 25.2. The van der Waals surface area contributed by atoms with E-state index < -0.39 is 18.0 Å². The van der Waals surface area contributed by atoms with Crippen LogP contribution in [-0.2, 0) is 9.53 Å². The molecule has 1 aliphatic heterocycles. The zero-order chi connectivity index (χ0) is 24.1. The molecule has 0 aliphatic carbocycles. The molecule has 1 aromatic heterocycles. The number of esters is 1. The van der Waals surface area contributed by atoms with E-state index in [1.54, 1.807) is 24.6 Å². The number of nitrogens with one attached hydrogen (secondary N) is 2. The standard InChI is InChI=1S/C26H26N4O4/c1-4-15-34-20-13-11-18(12-14-20)23-21(16-30(29-23)19-9-7-6-8-10-19)24-22(25(31)33-5-2)17(3)27-26(32)28-24/h4,6-14,16,24H,1,5,15H2,2-3H3,(H2,27,28,32)/t24-/m0/s1. The van der Waals surface area contributed by atoms with Gasteiger partial charge in [-0.15, -0.1) is 0 Å². The van der Waals surface area contributed by atoms with E-state index in [0.29, 0.717) is 34.9 Å². The average molecular weight is 459 g/mol. The summed E-state index contributed by atoms with van der Waals surface area (Å²) >= 11 is 0. The Morgan fingerprint density at radius 3 is 2.59 bits per heavy atom. The summed E-state index contributed by atoms with van der Waals surface area (Å²) in [5.41, 5.74) is 3.73. The zero-order valence-corrected chi connectivity index (χ0v) is 19.1. The van der Waals surface area contributed by atoms with Crippen LogP contribution in [0, 0.1) is 0 Å². The third kappa shape index (κ3) is 4.71. The van der Waals surface area contributed by atoms with Gasteiger partial charge in [0, 0.05) is 23.0 Å². The van der Waals surface area contributed by atoms with Crippen LogP contribution in [-0.4, -0.2) is 35.0 Å². The number of benzene rings is 2. The molecule has 1 aliphatic rings. The molecule has 1 atom stereocenters. The lowest BCUT2D eigenvalue weighted by molar-refractivity contribution is -0.139. The highest BCUT2D eigenvalue weighted by molar-refractivity contribution is 5.95. The van der Waals surface area contributed by atoms with Crippen LogP contribution < -0.4 is 15.4 Å². The maximum absolute atomic E-state index is 12.8. The summed E-state index contributed by atoms with van der Waals surface area (Å²) < 4.78 is 12.6. The van der Waals surface area contributed by atoms with Gasteiger partial charge >= 0.3 is 12.0 Å². The number of para-hydroxylation sites is 1. The van der Waals surface area contributed by atoms with Gasteiger partial charge < -0.3 is 20.1 Å². The minimum absolute atomic E-state index is 0.221. The third-order valence-electron chi connectivity index (χ3n) is 5.33. The van der Waals surface area contributed by atoms with Crippen molar-refractivity contribution in [1.29, 1.82) is 0 Å². The van der Waals surface area contributed by atoms with Crippen LogP contribution in [0.25, 0.3) is 16.9 Å². The van der Waals surface area contributed by atoms with E-state index in [4.69, 9.17) is 14.6 Å². The molecule has 2 aromatic carbocycles. The first-order chi connectivity index (χ1) is 16.5. The molecule has 0 spiro atoms. The molecule has 8 nitrogen and oxygen atoms in total. The van der Waals surface area contributed by atoms with Crippen LogP contribution in [0.1, 0.15) is 25.5 Å². The number of hydrogen-bond acceptors (Lipinski definition) is 5. The second-order valence-corrected chi connectivity index (χ2v) is 7.63. The summed E-state index contributed by atoms with van der Waals surface area (Å²) in [7, 11) is 0. The van der Waals surface area contributed by atoms with Crippen molar-refractivity contribution in [2.24, 2.45) is 0 Å². The molecule has 0 saturated carbocycles. The summed E-state index contributed by atoms with van der Waals surface area (Å²) in [6, 6.07) is 16.0. The van der Waals surface area contributed by atoms with Crippen molar-refractivity contribution >= 4 is 12.0 Å². The van der Waals surface area contributed by atoms with Crippen LogP contribution in [0.4, 0.5) is 4.79 Å². The summed E-state index contributed by atoms with van der Waals surface area (Å²) in [6.45, 7) is 7.72. The molecular weight excluding hydrogens is 432 g/mol. The number of urea groups is 1. The average Bonchev–Trinajstić information content (AvgIpc) is 3.29. The predicted molar refractivity (Wildman–Crippen MR) is 128 cm³/mol. The molecule has 8 heteroatoms. The van der Waals surface area contributed by atoms with E-state index in [9.17, 15) is 9.59 Å². The second-order valence-electron chi connectivity index (χ2n) is 7.63. The van der Waals surface area contributed by atoms with Gasteiger partial charge in [0.1, 0.15) is 12.4 Å². The van der Waals surface area contributed by atoms with E-state index in [1.807, 2.05) is 60.8 Å². The van der Waals surface area contributed by atoms with Crippen molar-refractivity contribution in [2.45, 2.75) is 19.9 Å². The van der Waals surface area contributed by atoms with Gasteiger partial charge in [-0.05, 0) is 50.2 Å². The van der Waals surface area contributed by atoms with Crippen LogP contribution in [0.15, 0.2) is 84.7 Å². The number of rotatable bonds is 8. The number of aromatic nitrogens is 2. The Balaban J connectivity index is 1.84. The van der Waals surface area contributed by atoms with E-state index >= 15 is 0 Å². The molecule has 4 rings (SSSR count). The van der Waals surface area contributed by atoms with Crippen molar-refractivity contribution in [3.63, 3.8) is 0 Å². The SMILES string of the molecule is C=CCOc1ccc(-c2nn(-c3ccccc3)cc2[C@@H]2NC(=O)NC(C)=C2C(=O)OCC)cc1. The van der Waals surface area contributed by atoms with Crippen molar-refractivity contribution < 1.29 is 19.1 Å². The molecular formula is C26H26N4O4. The van der Waals surface area contributed by atoms with Gasteiger partial charge in [-0.2, -0.15) is 5.10 Å². The molecule has 0 fully saturated rings. The highest BCUT2D eigenvalue weighted by atomic mass is 16.5. The highest BCUT2D eigenvalue weighted by Gasteiger charge is 2.35. The highest BCUT2D eigenvalue weighted by Crippen LogP contribution is 2.35. The fourth-order valence-corrected chi connectivity index (χ4v) is 3.81. The molecule has 0 bridgehead atoms. The largest absolute Gasteiger partial charge is 0.490 e. The minimum atomic E-state index is -0.739. The lowest BCUT2D eigenvalue weighted by Crippen LogP contribution is -2.45. The van der Waals surface area contributed by atoms with Gasteiger partial charge in [0.25, 0.3) is 0 Å². The number of hydrogen-bond donors (Lipinski definition) is 2. The summed E-state index contributed by atoms with van der Waals surface area (Å²) in [5.74, 6) is 0.204. The van der Waals surface area contributed by atoms with Gasteiger partial charge in [-0.1, -0.05) is 30.9 Å². The number of amides is 2. The Hall–Kier alpha value is -4.33. The first-order valence-electron chi connectivity index (χ1n) is 11.0. The molecule has 2 amide bonds. The van der Waals surface area contributed by atoms with E-state index in [1.165, 1.54) is 0 Å². The molecule has 0 unspecified atom stereocenters. The predicted octanol–water partition coefficient (Wildman–Crippen LogP) is 4.30. The minimum Gasteiger partial charge on any atom is -0.490 e. The molecule has 2 heterocycles. The molecule has 2 N–H and O–H groups in total. The number of carbonyl (C=O) groups is 2. The van der Waals surface area contributed by atoms with Gasteiger partial charge in [0.2, 0.25) is 0 Å². The molecule has 0 radical (unpaired) electrons. The maximum atomic E-state index is 12.8. The van der Waals surface area contributed by atoms with Gasteiger partial charge in [0.05, 0.1) is 29.6 Å². The Kier molecular flexibility index (Phi) is 6.77. The molecule has 3 aromatic rings. The summed E-state index contributed by atoms with van der Waals surface area (Å²) in [6.07, 6.45) is 3.51. The molecule has 174 valence electrons. The Labute approximate surface area is 197 Å². The van der Waals surface area contributed by atoms with Crippen LogP contribution in [0.5, 0.6) is 5.75 Å². The third-order valence-corrected chi connectivity index (χ3v) is 5.33. The Bertz CT molecular complexity index is 1230. The topological polar surface area (TPSA) is 94.5 Å².